The molecule has 0 spiro atoms. The third kappa shape index (κ3) is 6.16. The summed E-state index contributed by atoms with van der Waals surface area (Å²) in [6, 6.07) is 0.562. The van der Waals surface area contributed by atoms with Crippen molar-refractivity contribution >= 4 is 40.2 Å². The molecule has 8 heteroatoms. The van der Waals surface area contributed by atoms with E-state index >= 15 is 0 Å². The number of urea groups is 1. The molecule has 0 radical (unpaired) electrons. The number of nitrogens with zero attached hydrogens (tertiary/aromatic N) is 2. The van der Waals surface area contributed by atoms with Crippen LogP contribution in [0, 0.1) is 11.8 Å². The number of hydrogen-bond donors (Lipinski definition) is 2. The highest BCUT2D eigenvalue weighted by molar-refractivity contribution is 8.01. The first kappa shape index (κ1) is 23.4. The minimum Gasteiger partial charge on any atom is -0.481 e. The van der Waals surface area contributed by atoms with Gasteiger partial charge in [-0.25, -0.2) is 9.78 Å². The number of hydrogen-bond acceptors (Lipinski definition) is 5. The molecule has 3 aliphatic carbocycles. The Kier molecular flexibility index (Phi) is 8.30. The molecule has 0 aliphatic heterocycles. The van der Waals surface area contributed by atoms with Crippen molar-refractivity contribution in [3.63, 3.8) is 0 Å². The van der Waals surface area contributed by atoms with E-state index < -0.39 is 5.97 Å². The Morgan fingerprint density at radius 3 is 2.53 bits per heavy atom. The van der Waals surface area contributed by atoms with Gasteiger partial charge >= 0.3 is 12.0 Å². The van der Waals surface area contributed by atoms with E-state index in [0.717, 1.165) is 42.2 Å². The second-order valence-corrected chi connectivity index (χ2v) is 11.4. The standard InChI is InChI=1S/C24H33N3O3S2/c28-21(29)16-31-22-15-25-23(32-22)26-24(30)27(19-9-5-2-6-10-19)20-13-11-18(12-14-20)17-7-3-1-4-8-17/h1,3-4,7,15,17-20H,2,5-6,8-14,16H2,(H,28,29)(H,25,26,30)/t17?,18-,20-. The number of thiazole rings is 1. The zero-order valence-electron chi connectivity index (χ0n) is 18.4. The first-order valence-electron chi connectivity index (χ1n) is 11.8. The lowest BCUT2D eigenvalue weighted by molar-refractivity contribution is -0.133. The zero-order chi connectivity index (χ0) is 22.3. The van der Waals surface area contributed by atoms with E-state index in [1.165, 1.54) is 55.2 Å². The topological polar surface area (TPSA) is 82.5 Å². The fourth-order valence-electron chi connectivity index (χ4n) is 5.42. The number of aliphatic carboxylic acids is 1. The summed E-state index contributed by atoms with van der Waals surface area (Å²) in [5.41, 5.74) is 0. The summed E-state index contributed by atoms with van der Waals surface area (Å²) in [4.78, 5) is 30.7. The minimum absolute atomic E-state index is 0.000999. The van der Waals surface area contributed by atoms with Crippen LogP contribution in [0.25, 0.3) is 0 Å². The summed E-state index contributed by atoms with van der Waals surface area (Å²) in [6.07, 6.45) is 22.1. The molecular weight excluding hydrogens is 442 g/mol. The van der Waals surface area contributed by atoms with E-state index in [0.29, 0.717) is 23.1 Å². The van der Waals surface area contributed by atoms with Crippen molar-refractivity contribution in [2.75, 3.05) is 11.1 Å². The summed E-state index contributed by atoms with van der Waals surface area (Å²) in [6.45, 7) is 0. The van der Waals surface area contributed by atoms with Crippen molar-refractivity contribution < 1.29 is 14.7 Å². The van der Waals surface area contributed by atoms with E-state index in [4.69, 9.17) is 5.11 Å². The Morgan fingerprint density at radius 1 is 1.09 bits per heavy atom. The molecule has 0 saturated heterocycles. The number of aromatic nitrogens is 1. The Bertz CT molecular complexity index is 839. The van der Waals surface area contributed by atoms with Crippen LogP contribution in [-0.4, -0.2) is 44.8 Å². The van der Waals surface area contributed by atoms with Crippen LogP contribution in [0.4, 0.5) is 9.93 Å². The third-order valence-electron chi connectivity index (χ3n) is 6.99. The van der Waals surface area contributed by atoms with E-state index in [-0.39, 0.29) is 11.8 Å². The molecule has 1 unspecified atom stereocenters. The molecule has 2 N–H and O–H groups in total. The lowest BCUT2D eigenvalue weighted by atomic mass is 9.75. The van der Waals surface area contributed by atoms with Gasteiger partial charge in [-0.15, -0.1) is 11.8 Å². The van der Waals surface area contributed by atoms with Crippen LogP contribution in [0.5, 0.6) is 0 Å². The van der Waals surface area contributed by atoms with Crippen LogP contribution in [0.3, 0.4) is 0 Å². The first-order valence-corrected chi connectivity index (χ1v) is 13.6. The summed E-state index contributed by atoms with van der Waals surface area (Å²) in [7, 11) is 0. The summed E-state index contributed by atoms with van der Waals surface area (Å²) in [5, 5.41) is 12.5. The van der Waals surface area contributed by atoms with Gasteiger partial charge in [0.2, 0.25) is 0 Å². The maximum Gasteiger partial charge on any atom is 0.324 e. The van der Waals surface area contributed by atoms with Crippen LogP contribution >= 0.6 is 23.1 Å². The maximum absolute atomic E-state index is 13.4. The van der Waals surface area contributed by atoms with Crippen LogP contribution in [0.2, 0.25) is 0 Å². The molecule has 32 heavy (non-hydrogen) atoms. The quantitative estimate of drug-likeness (QED) is 0.460. The lowest BCUT2D eigenvalue weighted by Gasteiger charge is -2.43. The highest BCUT2D eigenvalue weighted by Crippen LogP contribution is 2.38. The van der Waals surface area contributed by atoms with Crippen molar-refractivity contribution in [1.82, 2.24) is 9.88 Å². The van der Waals surface area contributed by atoms with Gasteiger partial charge in [-0.05, 0) is 56.8 Å². The highest BCUT2D eigenvalue weighted by atomic mass is 32.2. The molecule has 6 nitrogen and oxygen atoms in total. The highest BCUT2D eigenvalue weighted by Gasteiger charge is 2.36. The molecule has 2 amide bonds. The van der Waals surface area contributed by atoms with Crippen molar-refractivity contribution in [3.05, 3.63) is 30.5 Å². The number of anilines is 1. The van der Waals surface area contributed by atoms with Crippen LogP contribution in [0.1, 0.15) is 64.2 Å². The number of rotatable bonds is 7. The average molecular weight is 476 g/mol. The number of amides is 2. The van der Waals surface area contributed by atoms with Crippen molar-refractivity contribution in [1.29, 1.82) is 0 Å². The third-order valence-corrected chi connectivity index (χ3v) is 9.09. The Hall–Kier alpha value is -1.80. The zero-order valence-corrected chi connectivity index (χ0v) is 20.1. The lowest BCUT2D eigenvalue weighted by Crippen LogP contribution is -2.51. The van der Waals surface area contributed by atoms with Crippen molar-refractivity contribution in [2.45, 2.75) is 80.5 Å². The SMILES string of the molecule is O=C(O)CSc1cnc(NC(=O)N(C2CCCCC2)[C@H]2CC[C@H](C3C=CC=CC3)CC2)s1. The van der Waals surface area contributed by atoms with Gasteiger partial charge < -0.3 is 10.0 Å². The molecule has 1 aromatic rings. The molecule has 1 atom stereocenters. The fraction of sp³-hybridized carbons (Fsp3) is 0.625. The number of allylic oxidation sites excluding steroid dienone is 4. The molecule has 1 heterocycles. The fourth-order valence-corrected chi connectivity index (χ4v) is 7.00. The number of carboxylic acids is 1. The summed E-state index contributed by atoms with van der Waals surface area (Å²) in [5.74, 6) is 0.512. The molecule has 3 aliphatic rings. The number of nitrogens with one attached hydrogen (secondary N) is 1. The van der Waals surface area contributed by atoms with Gasteiger partial charge in [-0.1, -0.05) is 54.9 Å². The van der Waals surface area contributed by atoms with Crippen LogP contribution < -0.4 is 5.32 Å². The number of carboxylic acid groups (broad SMARTS) is 1. The predicted octanol–water partition coefficient (Wildman–Crippen LogP) is 6.18. The van der Waals surface area contributed by atoms with Gasteiger partial charge in [0.25, 0.3) is 0 Å². The molecule has 2 fully saturated rings. The molecule has 174 valence electrons. The van der Waals surface area contributed by atoms with Gasteiger partial charge in [-0.2, -0.15) is 0 Å². The summed E-state index contributed by atoms with van der Waals surface area (Å²) < 4.78 is 0.807. The molecule has 1 aromatic heterocycles. The largest absolute Gasteiger partial charge is 0.481 e. The van der Waals surface area contributed by atoms with Gasteiger partial charge in [0.15, 0.2) is 5.13 Å². The van der Waals surface area contributed by atoms with E-state index in [1.54, 1.807) is 6.20 Å². The smallest absolute Gasteiger partial charge is 0.324 e. The first-order chi connectivity index (χ1) is 15.6. The molecule has 0 bridgehead atoms. The van der Waals surface area contributed by atoms with Crippen molar-refractivity contribution in [2.24, 2.45) is 11.8 Å². The predicted molar refractivity (Wildman–Crippen MR) is 130 cm³/mol. The number of carbonyl (C=O) groups excluding carboxylic acids is 1. The van der Waals surface area contributed by atoms with Gasteiger partial charge in [0.1, 0.15) is 0 Å². The van der Waals surface area contributed by atoms with E-state index in [2.05, 4.69) is 39.5 Å². The number of thioether (sulfide) groups is 1. The molecule has 2 saturated carbocycles. The van der Waals surface area contributed by atoms with Crippen molar-refractivity contribution in [3.8, 4) is 0 Å². The molecular formula is C24H33N3O3S2. The van der Waals surface area contributed by atoms with Gasteiger partial charge in [0.05, 0.1) is 16.2 Å². The Balaban J connectivity index is 1.39. The van der Waals surface area contributed by atoms with Gasteiger partial charge in [-0.3, -0.25) is 10.1 Å². The van der Waals surface area contributed by atoms with Crippen LogP contribution in [-0.2, 0) is 4.79 Å². The number of carbonyl (C=O) groups is 2. The molecule has 0 aromatic carbocycles. The van der Waals surface area contributed by atoms with E-state index in [1.807, 2.05) is 0 Å². The normalized spacial score (nSPS) is 26.1. The Morgan fingerprint density at radius 2 is 1.84 bits per heavy atom. The summed E-state index contributed by atoms with van der Waals surface area (Å²) >= 11 is 2.58. The monoisotopic (exact) mass is 475 g/mol. The molecule has 4 rings (SSSR count). The van der Waals surface area contributed by atoms with Gasteiger partial charge in [0, 0.05) is 12.1 Å². The Labute approximate surface area is 198 Å². The maximum atomic E-state index is 13.4. The average Bonchev–Trinajstić information content (AvgIpc) is 3.27. The van der Waals surface area contributed by atoms with E-state index in [9.17, 15) is 9.59 Å². The van der Waals surface area contributed by atoms with Crippen LogP contribution in [0.15, 0.2) is 34.7 Å². The second kappa shape index (κ2) is 11.4. The second-order valence-electron chi connectivity index (χ2n) is 9.08. The minimum atomic E-state index is -0.854.